The molecule has 3 aromatic heterocycles. The molecule has 0 atom stereocenters. The average Bonchev–Trinajstić information content (AvgIpc) is 3.86. The van der Waals surface area contributed by atoms with Crippen LogP contribution in [0.4, 0.5) is 17.1 Å². The van der Waals surface area contributed by atoms with Gasteiger partial charge < -0.3 is 18.2 Å². The van der Waals surface area contributed by atoms with Crippen molar-refractivity contribution < 1.29 is 13.3 Å². The zero-order valence-electron chi connectivity index (χ0n) is 26.8. The van der Waals surface area contributed by atoms with Gasteiger partial charge in [0.1, 0.15) is 27.9 Å². The molecule has 11 rings (SSSR count). The summed E-state index contributed by atoms with van der Waals surface area (Å²) in [5.74, 6) is 0. The van der Waals surface area contributed by atoms with Crippen LogP contribution >= 0.6 is 0 Å². The molecule has 4 nitrogen and oxygen atoms in total. The van der Waals surface area contributed by atoms with Crippen LogP contribution in [-0.4, -0.2) is 0 Å². The van der Waals surface area contributed by atoms with Gasteiger partial charge in [0, 0.05) is 38.7 Å². The molecule has 3 heterocycles. The van der Waals surface area contributed by atoms with Gasteiger partial charge in [-0.3, -0.25) is 0 Å². The van der Waals surface area contributed by atoms with E-state index >= 15 is 0 Å². The van der Waals surface area contributed by atoms with Gasteiger partial charge >= 0.3 is 0 Å². The lowest BCUT2D eigenvalue weighted by Gasteiger charge is -2.25. The third kappa shape index (κ3) is 3.93. The second kappa shape index (κ2) is 10.4. The van der Waals surface area contributed by atoms with Crippen LogP contribution in [0.3, 0.4) is 0 Å². The SMILES string of the molecule is c1ccc2c(-c3ccc(N(c4ccc5c(c4)oc4ccccc45)c4cccc5c4oc4c5ccc5oc6ccccc6c54)cc3)cccc2c1. The fourth-order valence-corrected chi connectivity index (χ4v) is 7.77. The second-order valence-corrected chi connectivity index (χ2v) is 12.9. The molecule has 234 valence electrons. The Kier molecular flexibility index (Phi) is 5.63. The number of para-hydroxylation sites is 3. The molecule has 0 amide bonds. The average molecular weight is 642 g/mol. The largest absolute Gasteiger partial charge is 0.456 e. The Morgan fingerprint density at radius 1 is 0.360 bits per heavy atom. The first-order valence-corrected chi connectivity index (χ1v) is 16.8. The molecule has 0 saturated carbocycles. The van der Waals surface area contributed by atoms with Crippen molar-refractivity contribution >= 4 is 93.7 Å². The van der Waals surface area contributed by atoms with Gasteiger partial charge in [-0.1, -0.05) is 103 Å². The first-order valence-electron chi connectivity index (χ1n) is 16.8. The lowest BCUT2D eigenvalue weighted by molar-refractivity contribution is 0.662. The molecule has 50 heavy (non-hydrogen) atoms. The molecular weight excluding hydrogens is 615 g/mol. The normalized spacial score (nSPS) is 12.0. The zero-order valence-corrected chi connectivity index (χ0v) is 26.8. The predicted octanol–water partition coefficient (Wildman–Crippen LogP) is 13.7. The monoisotopic (exact) mass is 641 g/mol. The van der Waals surface area contributed by atoms with Crippen molar-refractivity contribution in [2.24, 2.45) is 0 Å². The molecule has 0 spiro atoms. The lowest BCUT2D eigenvalue weighted by atomic mass is 9.98. The molecule has 0 fully saturated rings. The Labute approximate surface area is 286 Å². The Morgan fingerprint density at radius 3 is 1.86 bits per heavy atom. The van der Waals surface area contributed by atoms with Gasteiger partial charge in [0.25, 0.3) is 0 Å². The highest BCUT2D eigenvalue weighted by molar-refractivity contribution is 6.23. The van der Waals surface area contributed by atoms with Crippen molar-refractivity contribution in [1.82, 2.24) is 0 Å². The van der Waals surface area contributed by atoms with Gasteiger partial charge in [-0.25, -0.2) is 0 Å². The summed E-state index contributed by atoms with van der Waals surface area (Å²) in [4.78, 5) is 2.27. The summed E-state index contributed by atoms with van der Waals surface area (Å²) in [6.45, 7) is 0. The van der Waals surface area contributed by atoms with Crippen LogP contribution in [0, 0.1) is 0 Å². The Bertz CT molecular complexity index is 3100. The number of rotatable bonds is 4. The minimum Gasteiger partial charge on any atom is -0.456 e. The first-order chi connectivity index (χ1) is 24.8. The van der Waals surface area contributed by atoms with Gasteiger partial charge in [-0.05, 0) is 76.5 Å². The molecule has 0 N–H and O–H groups in total. The fourth-order valence-electron chi connectivity index (χ4n) is 7.77. The molecule has 4 heteroatoms. The van der Waals surface area contributed by atoms with E-state index in [9.17, 15) is 0 Å². The van der Waals surface area contributed by atoms with Gasteiger partial charge in [0.15, 0.2) is 5.58 Å². The number of anilines is 3. The van der Waals surface area contributed by atoms with Crippen molar-refractivity contribution in [3.63, 3.8) is 0 Å². The van der Waals surface area contributed by atoms with Crippen molar-refractivity contribution in [2.45, 2.75) is 0 Å². The molecule has 8 aromatic carbocycles. The summed E-state index contributed by atoms with van der Waals surface area (Å²) < 4.78 is 19.6. The molecule has 0 radical (unpaired) electrons. The van der Waals surface area contributed by atoms with E-state index in [1.807, 2.05) is 30.3 Å². The maximum absolute atomic E-state index is 6.94. The summed E-state index contributed by atoms with van der Waals surface area (Å²) in [6, 6.07) is 57.2. The van der Waals surface area contributed by atoms with Crippen LogP contribution in [0.25, 0.3) is 87.7 Å². The van der Waals surface area contributed by atoms with Crippen LogP contribution in [0.1, 0.15) is 0 Å². The van der Waals surface area contributed by atoms with Crippen LogP contribution in [-0.2, 0) is 0 Å². The van der Waals surface area contributed by atoms with Crippen LogP contribution < -0.4 is 4.90 Å². The van der Waals surface area contributed by atoms with E-state index in [0.29, 0.717) is 0 Å². The summed E-state index contributed by atoms with van der Waals surface area (Å²) >= 11 is 0. The standard InChI is InChI=1S/C46H27NO3/c1-2-11-32-28(9-1)10-7-14-33(32)29-19-21-30(22-20-29)47(31-23-24-35-34-12-3-5-17-40(34)49-43(35)27-31)39-16-8-15-36-37-25-26-42-44(46(37)50-45(36)39)38-13-4-6-18-41(38)48-42/h1-27H. The van der Waals surface area contributed by atoms with Crippen molar-refractivity contribution in [3.05, 3.63) is 164 Å². The third-order valence-electron chi connectivity index (χ3n) is 10.1. The summed E-state index contributed by atoms with van der Waals surface area (Å²) in [5.41, 5.74) is 10.3. The van der Waals surface area contributed by atoms with Crippen LogP contribution in [0.5, 0.6) is 0 Å². The van der Waals surface area contributed by atoms with Crippen molar-refractivity contribution in [1.29, 1.82) is 0 Å². The summed E-state index contributed by atoms with van der Waals surface area (Å²) in [5, 5.41) is 8.81. The summed E-state index contributed by atoms with van der Waals surface area (Å²) in [6.07, 6.45) is 0. The van der Waals surface area contributed by atoms with Gasteiger partial charge in [0.05, 0.1) is 16.8 Å². The lowest BCUT2D eigenvalue weighted by Crippen LogP contribution is -2.10. The molecule has 0 aliphatic rings. The fraction of sp³-hybridized carbons (Fsp3) is 0. The molecule has 0 aliphatic heterocycles. The molecular formula is C46H27NO3. The summed E-state index contributed by atoms with van der Waals surface area (Å²) in [7, 11) is 0. The quantitative estimate of drug-likeness (QED) is 0.192. The number of hydrogen-bond donors (Lipinski definition) is 0. The van der Waals surface area contributed by atoms with E-state index in [1.165, 1.54) is 16.3 Å². The number of benzene rings is 8. The van der Waals surface area contributed by atoms with Gasteiger partial charge in [0.2, 0.25) is 0 Å². The maximum Gasteiger partial charge on any atom is 0.159 e. The zero-order chi connectivity index (χ0) is 32.8. The predicted molar refractivity (Wildman–Crippen MR) is 206 cm³/mol. The van der Waals surface area contributed by atoms with Crippen LogP contribution in [0.15, 0.2) is 177 Å². The minimum atomic E-state index is 0.808. The third-order valence-corrected chi connectivity index (χ3v) is 10.1. The van der Waals surface area contributed by atoms with E-state index in [1.54, 1.807) is 0 Å². The van der Waals surface area contributed by atoms with E-state index < -0.39 is 0 Å². The van der Waals surface area contributed by atoms with Crippen molar-refractivity contribution in [3.8, 4) is 11.1 Å². The topological polar surface area (TPSA) is 42.7 Å². The molecule has 0 bridgehead atoms. The van der Waals surface area contributed by atoms with Gasteiger partial charge in [-0.15, -0.1) is 0 Å². The molecule has 0 unspecified atom stereocenters. The van der Waals surface area contributed by atoms with Crippen LogP contribution in [0.2, 0.25) is 0 Å². The molecule has 0 saturated heterocycles. The van der Waals surface area contributed by atoms with Crippen molar-refractivity contribution in [2.75, 3.05) is 4.90 Å². The number of furan rings is 3. The Hall–Kier alpha value is -6.78. The van der Waals surface area contributed by atoms with E-state index in [4.69, 9.17) is 13.3 Å². The highest BCUT2D eigenvalue weighted by atomic mass is 16.3. The second-order valence-electron chi connectivity index (χ2n) is 12.9. The first kappa shape index (κ1) is 27.2. The highest BCUT2D eigenvalue weighted by Crippen LogP contribution is 2.46. The van der Waals surface area contributed by atoms with E-state index in [-0.39, 0.29) is 0 Å². The van der Waals surface area contributed by atoms with E-state index in [2.05, 4.69) is 138 Å². The number of hydrogen-bond acceptors (Lipinski definition) is 4. The Balaban J connectivity index is 1.15. The highest BCUT2D eigenvalue weighted by Gasteiger charge is 2.23. The van der Waals surface area contributed by atoms with E-state index in [0.717, 1.165) is 88.4 Å². The maximum atomic E-state index is 6.94. The minimum absolute atomic E-state index is 0.808. The number of nitrogens with zero attached hydrogens (tertiary/aromatic N) is 1. The molecule has 11 aromatic rings. The number of fused-ring (bicyclic) bond motifs is 11. The molecule has 0 aliphatic carbocycles. The Morgan fingerprint density at radius 2 is 0.980 bits per heavy atom. The van der Waals surface area contributed by atoms with Gasteiger partial charge in [-0.2, -0.15) is 0 Å². The smallest absolute Gasteiger partial charge is 0.159 e.